The molecule has 0 radical (unpaired) electrons. The first-order valence-electron chi connectivity index (χ1n) is 13.7. The number of carbonyl (C=O) groups excluding carboxylic acids is 2. The highest BCUT2D eigenvalue weighted by atomic mass is 35.5. The van der Waals surface area contributed by atoms with Crippen LogP contribution >= 0.6 is 11.6 Å². The largest absolute Gasteiger partial charge is 0.495 e. The molecule has 2 unspecified atom stereocenters. The number of halogens is 2. The smallest absolute Gasteiger partial charge is 0.273 e. The second-order valence-electron chi connectivity index (χ2n) is 10.1. The zero-order valence-electron chi connectivity index (χ0n) is 24.9. The van der Waals surface area contributed by atoms with Crippen LogP contribution in [-0.2, 0) is 26.2 Å². The summed E-state index contributed by atoms with van der Waals surface area (Å²) in [5.41, 5.74) is -0.229. The number of carbonyl (C=O) groups is 2. The van der Waals surface area contributed by atoms with Crippen molar-refractivity contribution in [1.29, 1.82) is 0 Å². The molecule has 1 N–H and O–H groups in total. The zero-order chi connectivity index (χ0) is 32.8. The fraction of sp³-hybridized carbons (Fsp3) is 0.333. The molecular formula is C30H34ClFN4O7S. The minimum Gasteiger partial charge on any atom is -0.495 e. The molecule has 0 bridgehead atoms. The Morgan fingerprint density at radius 1 is 1.11 bits per heavy atom. The number of benzene rings is 3. The predicted molar refractivity (Wildman–Crippen MR) is 165 cm³/mol. The fourth-order valence-corrected chi connectivity index (χ4v) is 5.91. The van der Waals surface area contributed by atoms with Crippen molar-refractivity contribution in [3.8, 4) is 5.75 Å². The highest BCUT2D eigenvalue weighted by Gasteiger charge is 2.35. The lowest BCUT2D eigenvalue weighted by Gasteiger charge is -2.33. The van der Waals surface area contributed by atoms with Crippen molar-refractivity contribution in [3.05, 3.63) is 92.7 Å². The van der Waals surface area contributed by atoms with E-state index >= 15 is 0 Å². The van der Waals surface area contributed by atoms with Gasteiger partial charge >= 0.3 is 0 Å². The van der Waals surface area contributed by atoms with E-state index in [4.69, 9.17) is 16.3 Å². The number of ether oxygens (including phenoxy) is 1. The van der Waals surface area contributed by atoms with Crippen molar-refractivity contribution in [3.63, 3.8) is 0 Å². The van der Waals surface area contributed by atoms with Crippen molar-refractivity contribution < 1.29 is 32.1 Å². The maximum atomic E-state index is 14.7. The number of nitro benzene ring substituents is 1. The van der Waals surface area contributed by atoms with E-state index in [1.165, 1.54) is 69.5 Å². The second kappa shape index (κ2) is 14.5. The Bertz CT molecular complexity index is 1650. The first-order chi connectivity index (χ1) is 20.7. The normalized spacial score (nSPS) is 12.6. The first kappa shape index (κ1) is 34.3. The molecule has 3 rings (SSSR count). The molecule has 0 heterocycles. The van der Waals surface area contributed by atoms with Crippen molar-refractivity contribution in [2.75, 3.05) is 18.0 Å². The molecule has 0 saturated heterocycles. The molecule has 0 saturated carbocycles. The molecule has 3 aromatic carbocycles. The van der Waals surface area contributed by atoms with Crippen LogP contribution < -0.4 is 14.4 Å². The average molecular weight is 649 g/mol. The Morgan fingerprint density at radius 3 is 2.41 bits per heavy atom. The maximum absolute atomic E-state index is 14.7. The molecule has 11 nitrogen and oxygen atoms in total. The molecule has 236 valence electrons. The summed E-state index contributed by atoms with van der Waals surface area (Å²) in [4.78, 5) is 38.7. The van der Waals surface area contributed by atoms with E-state index in [0.29, 0.717) is 10.7 Å². The van der Waals surface area contributed by atoms with Gasteiger partial charge in [-0.25, -0.2) is 12.8 Å². The lowest BCUT2D eigenvalue weighted by atomic mass is 10.1. The second-order valence-corrected chi connectivity index (χ2v) is 12.4. The molecule has 3 aromatic rings. The Hall–Kier alpha value is -4.23. The van der Waals surface area contributed by atoms with Crippen LogP contribution in [-0.4, -0.2) is 55.8 Å². The Morgan fingerprint density at radius 2 is 1.80 bits per heavy atom. The molecule has 0 aliphatic carbocycles. The molecular weight excluding hydrogens is 615 g/mol. The summed E-state index contributed by atoms with van der Waals surface area (Å²) in [6, 6.07) is 11.9. The van der Waals surface area contributed by atoms with Gasteiger partial charge < -0.3 is 15.0 Å². The third kappa shape index (κ3) is 7.83. The van der Waals surface area contributed by atoms with Gasteiger partial charge in [-0.15, -0.1) is 0 Å². The Labute approximate surface area is 260 Å². The number of amides is 2. The topological polar surface area (TPSA) is 139 Å². The van der Waals surface area contributed by atoms with Gasteiger partial charge in [0.2, 0.25) is 11.8 Å². The molecule has 44 heavy (non-hydrogen) atoms. The standard InChI is InChI=1S/C30H34ClFN4O7S/c1-6-20(3)33-30(38)21(4)34(17-22-9-7-8-10-25(22)32)29(37)18-35(27-15-23(31)12-14-28(27)43-5)44(41,42)24-13-11-19(2)26(16-24)36(39)40/h7-16,20-21H,6,17-18H2,1-5H3,(H,33,38). The van der Waals surface area contributed by atoms with E-state index in [9.17, 15) is 32.5 Å². The van der Waals surface area contributed by atoms with Crippen molar-refractivity contribution >= 4 is 44.8 Å². The van der Waals surface area contributed by atoms with Gasteiger partial charge in [-0.05, 0) is 57.5 Å². The number of rotatable bonds is 13. The number of nitrogens with one attached hydrogen (secondary N) is 1. The average Bonchev–Trinajstić information content (AvgIpc) is 2.98. The summed E-state index contributed by atoms with van der Waals surface area (Å²) >= 11 is 6.22. The fourth-order valence-electron chi connectivity index (χ4n) is 4.30. The van der Waals surface area contributed by atoms with Crippen LogP contribution in [0.4, 0.5) is 15.8 Å². The van der Waals surface area contributed by atoms with Crippen LogP contribution in [0.15, 0.2) is 65.6 Å². The van der Waals surface area contributed by atoms with Gasteiger partial charge in [-0.3, -0.25) is 24.0 Å². The summed E-state index contributed by atoms with van der Waals surface area (Å²) < 4.78 is 49.1. The van der Waals surface area contributed by atoms with E-state index in [-0.39, 0.29) is 40.2 Å². The van der Waals surface area contributed by atoms with Crippen LogP contribution in [0, 0.1) is 22.9 Å². The third-order valence-electron chi connectivity index (χ3n) is 7.12. The summed E-state index contributed by atoms with van der Waals surface area (Å²) in [6.07, 6.45) is 0.614. The summed E-state index contributed by atoms with van der Waals surface area (Å²) in [5.74, 6) is -1.95. The summed E-state index contributed by atoms with van der Waals surface area (Å²) in [5, 5.41) is 14.5. The quantitative estimate of drug-likeness (QED) is 0.198. The van der Waals surface area contributed by atoms with Gasteiger partial charge in [0.1, 0.15) is 24.2 Å². The maximum Gasteiger partial charge on any atom is 0.273 e. The number of nitrogens with zero attached hydrogens (tertiary/aromatic N) is 3. The van der Waals surface area contributed by atoms with Gasteiger partial charge in [0.05, 0.1) is 22.6 Å². The highest BCUT2D eigenvalue weighted by Crippen LogP contribution is 2.36. The highest BCUT2D eigenvalue weighted by molar-refractivity contribution is 7.92. The van der Waals surface area contributed by atoms with Crippen LogP contribution in [0.1, 0.15) is 38.3 Å². The minimum absolute atomic E-state index is 0.0376. The lowest BCUT2D eigenvalue weighted by Crippen LogP contribution is -2.52. The number of hydrogen-bond acceptors (Lipinski definition) is 7. The molecule has 0 spiro atoms. The minimum atomic E-state index is -4.69. The predicted octanol–water partition coefficient (Wildman–Crippen LogP) is 5.23. The lowest BCUT2D eigenvalue weighted by molar-refractivity contribution is -0.385. The van der Waals surface area contributed by atoms with Gasteiger partial charge in [-0.2, -0.15) is 0 Å². The van der Waals surface area contributed by atoms with Gasteiger partial charge in [-0.1, -0.05) is 42.8 Å². The van der Waals surface area contributed by atoms with Crippen molar-refractivity contribution in [2.24, 2.45) is 0 Å². The third-order valence-corrected chi connectivity index (χ3v) is 9.11. The molecule has 14 heteroatoms. The first-order valence-corrected chi connectivity index (χ1v) is 15.5. The molecule has 0 aliphatic heterocycles. The van der Waals surface area contributed by atoms with Crippen molar-refractivity contribution in [2.45, 2.75) is 57.6 Å². The summed E-state index contributed by atoms with van der Waals surface area (Å²) in [6.45, 7) is 5.34. The molecule has 0 fully saturated rings. The molecule has 0 aromatic heterocycles. The van der Waals surface area contributed by atoms with Gasteiger partial charge in [0.15, 0.2) is 0 Å². The van der Waals surface area contributed by atoms with E-state index < -0.39 is 55.7 Å². The Balaban J connectivity index is 2.17. The van der Waals surface area contributed by atoms with Gasteiger partial charge in [0.25, 0.3) is 15.7 Å². The summed E-state index contributed by atoms with van der Waals surface area (Å²) in [7, 11) is -3.39. The molecule has 2 atom stereocenters. The molecule has 2 amide bonds. The molecule has 0 aliphatic rings. The monoisotopic (exact) mass is 648 g/mol. The number of anilines is 1. The van der Waals surface area contributed by atoms with E-state index in [0.717, 1.165) is 11.0 Å². The van der Waals surface area contributed by atoms with E-state index in [2.05, 4.69) is 5.32 Å². The number of nitro groups is 1. The van der Waals surface area contributed by atoms with Crippen LogP contribution in [0.3, 0.4) is 0 Å². The number of aryl methyl sites for hydroxylation is 1. The number of hydrogen-bond donors (Lipinski definition) is 1. The van der Waals surface area contributed by atoms with Crippen LogP contribution in [0.2, 0.25) is 5.02 Å². The Kier molecular flexibility index (Phi) is 11.3. The van der Waals surface area contributed by atoms with Crippen LogP contribution in [0.5, 0.6) is 5.75 Å². The van der Waals surface area contributed by atoms with E-state index in [1.54, 1.807) is 13.0 Å². The number of sulfonamides is 1. The van der Waals surface area contributed by atoms with Crippen LogP contribution in [0.25, 0.3) is 0 Å². The van der Waals surface area contributed by atoms with E-state index in [1.807, 2.05) is 6.92 Å². The van der Waals surface area contributed by atoms with Gasteiger partial charge in [0, 0.05) is 34.8 Å². The number of methoxy groups -OCH3 is 1. The SMILES string of the molecule is CCC(C)NC(=O)C(C)N(Cc1ccccc1F)C(=O)CN(c1cc(Cl)ccc1OC)S(=O)(=O)c1ccc(C)c([N+](=O)[O-])c1. The zero-order valence-corrected chi connectivity index (χ0v) is 26.5. The van der Waals surface area contributed by atoms with Crippen molar-refractivity contribution in [1.82, 2.24) is 10.2 Å².